The van der Waals surface area contributed by atoms with Gasteiger partial charge in [-0.25, -0.2) is 8.78 Å². The van der Waals surface area contributed by atoms with E-state index in [9.17, 15) is 18.4 Å². The molecule has 1 amide bonds. The topological polar surface area (TPSA) is 54.3 Å². The SMILES string of the molecule is CCCCNC(=O)c1cccn(CCN2CCC(F)(F)CC2)c1=O. The number of piperidine rings is 1. The molecule has 0 unspecified atom stereocenters. The summed E-state index contributed by atoms with van der Waals surface area (Å²) in [4.78, 5) is 26.4. The Labute approximate surface area is 140 Å². The van der Waals surface area contributed by atoms with Crippen LogP contribution in [0.15, 0.2) is 23.1 Å². The minimum atomic E-state index is -2.57. The number of aromatic nitrogens is 1. The van der Waals surface area contributed by atoms with Crippen molar-refractivity contribution < 1.29 is 13.6 Å². The molecule has 2 rings (SSSR count). The Balaban J connectivity index is 1.93. The molecule has 0 radical (unpaired) electrons. The standard InChI is InChI=1S/C17H25F2N3O2/c1-2-3-8-20-15(23)14-5-4-9-22(16(14)24)13-12-21-10-6-17(18,19)7-11-21/h4-5,9H,2-3,6-8,10-13H2,1H3,(H,20,23). The van der Waals surface area contributed by atoms with Gasteiger partial charge in [0.05, 0.1) is 0 Å². The Morgan fingerprint density at radius 3 is 2.67 bits per heavy atom. The van der Waals surface area contributed by atoms with Crippen molar-refractivity contribution in [2.45, 2.75) is 45.1 Å². The number of carbonyl (C=O) groups excluding carboxylic acids is 1. The number of pyridine rings is 1. The normalized spacial score (nSPS) is 17.6. The summed E-state index contributed by atoms with van der Waals surface area (Å²) in [6.45, 7) is 4.15. The first-order valence-electron chi connectivity index (χ1n) is 8.51. The molecular formula is C17H25F2N3O2. The van der Waals surface area contributed by atoms with E-state index in [-0.39, 0.29) is 29.9 Å². The van der Waals surface area contributed by atoms with Crippen LogP contribution in [0, 0.1) is 0 Å². The molecule has 5 nitrogen and oxygen atoms in total. The van der Waals surface area contributed by atoms with Crippen molar-refractivity contribution in [2.75, 3.05) is 26.2 Å². The lowest BCUT2D eigenvalue weighted by Gasteiger charge is -2.31. The number of carbonyl (C=O) groups is 1. The summed E-state index contributed by atoms with van der Waals surface area (Å²) >= 11 is 0. The summed E-state index contributed by atoms with van der Waals surface area (Å²) < 4.78 is 27.8. The van der Waals surface area contributed by atoms with E-state index in [2.05, 4.69) is 5.32 Å². The predicted octanol–water partition coefficient (Wildman–Crippen LogP) is 2.11. The first-order valence-corrected chi connectivity index (χ1v) is 8.51. The van der Waals surface area contributed by atoms with E-state index in [1.807, 2.05) is 11.8 Å². The fourth-order valence-corrected chi connectivity index (χ4v) is 2.71. The highest BCUT2D eigenvalue weighted by molar-refractivity contribution is 5.93. The predicted molar refractivity (Wildman–Crippen MR) is 88.6 cm³/mol. The maximum absolute atomic E-state index is 13.1. The zero-order valence-electron chi connectivity index (χ0n) is 14.1. The lowest BCUT2D eigenvalue weighted by atomic mass is 10.1. The number of hydrogen-bond donors (Lipinski definition) is 1. The van der Waals surface area contributed by atoms with Gasteiger partial charge in [-0.1, -0.05) is 13.3 Å². The monoisotopic (exact) mass is 341 g/mol. The average molecular weight is 341 g/mol. The number of halogens is 2. The Morgan fingerprint density at radius 1 is 1.29 bits per heavy atom. The van der Waals surface area contributed by atoms with Gasteiger partial charge in [-0.3, -0.25) is 9.59 Å². The van der Waals surface area contributed by atoms with Crippen molar-refractivity contribution in [3.63, 3.8) is 0 Å². The minimum Gasteiger partial charge on any atom is -0.352 e. The molecule has 1 aromatic rings. The first kappa shape index (κ1) is 18.6. The van der Waals surface area contributed by atoms with Crippen LogP contribution in [0.4, 0.5) is 8.78 Å². The van der Waals surface area contributed by atoms with Gasteiger partial charge in [0.2, 0.25) is 0 Å². The Morgan fingerprint density at radius 2 is 2.00 bits per heavy atom. The Hall–Kier alpha value is -1.76. The van der Waals surface area contributed by atoms with E-state index in [1.54, 1.807) is 12.3 Å². The number of unbranched alkanes of at least 4 members (excludes halogenated alkanes) is 1. The second-order valence-corrected chi connectivity index (χ2v) is 6.23. The van der Waals surface area contributed by atoms with Crippen molar-refractivity contribution >= 4 is 5.91 Å². The second kappa shape index (κ2) is 8.37. The van der Waals surface area contributed by atoms with Gasteiger partial charge in [0.15, 0.2) is 0 Å². The van der Waals surface area contributed by atoms with Crippen molar-refractivity contribution in [3.8, 4) is 0 Å². The zero-order chi connectivity index (χ0) is 17.6. The van der Waals surface area contributed by atoms with Crippen LogP contribution in [0.3, 0.4) is 0 Å². The fraction of sp³-hybridized carbons (Fsp3) is 0.647. The number of hydrogen-bond acceptors (Lipinski definition) is 3. The van der Waals surface area contributed by atoms with Gasteiger partial charge < -0.3 is 14.8 Å². The molecular weight excluding hydrogens is 316 g/mol. The molecule has 134 valence electrons. The summed E-state index contributed by atoms with van der Waals surface area (Å²) in [5.74, 6) is -2.93. The number of amides is 1. The highest BCUT2D eigenvalue weighted by Gasteiger charge is 2.33. The van der Waals surface area contributed by atoms with Gasteiger partial charge in [0.1, 0.15) is 5.56 Å². The summed E-state index contributed by atoms with van der Waals surface area (Å²) in [5, 5.41) is 2.74. The molecule has 0 aliphatic carbocycles. The maximum Gasteiger partial charge on any atom is 0.263 e. The summed E-state index contributed by atoms with van der Waals surface area (Å²) in [7, 11) is 0. The minimum absolute atomic E-state index is 0.124. The van der Waals surface area contributed by atoms with Gasteiger partial charge in [-0.05, 0) is 18.6 Å². The van der Waals surface area contributed by atoms with Gasteiger partial charge in [-0.2, -0.15) is 0 Å². The van der Waals surface area contributed by atoms with E-state index in [0.29, 0.717) is 32.7 Å². The molecule has 7 heteroatoms. The molecule has 0 atom stereocenters. The number of nitrogens with one attached hydrogen (secondary N) is 1. The van der Waals surface area contributed by atoms with Gasteiger partial charge in [0.25, 0.3) is 17.4 Å². The van der Waals surface area contributed by atoms with Crippen LogP contribution >= 0.6 is 0 Å². The van der Waals surface area contributed by atoms with Gasteiger partial charge >= 0.3 is 0 Å². The number of rotatable bonds is 7. The lowest BCUT2D eigenvalue weighted by Crippen LogP contribution is -2.42. The number of alkyl halides is 2. The third-order valence-corrected chi connectivity index (χ3v) is 4.33. The van der Waals surface area contributed by atoms with Crippen molar-refractivity contribution in [1.82, 2.24) is 14.8 Å². The van der Waals surface area contributed by atoms with E-state index in [4.69, 9.17) is 0 Å². The van der Waals surface area contributed by atoms with E-state index >= 15 is 0 Å². The number of likely N-dealkylation sites (tertiary alicyclic amines) is 1. The van der Waals surface area contributed by atoms with E-state index in [1.165, 1.54) is 10.6 Å². The van der Waals surface area contributed by atoms with E-state index < -0.39 is 5.92 Å². The van der Waals surface area contributed by atoms with Crippen LogP contribution in [0.2, 0.25) is 0 Å². The smallest absolute Gasteiger partial charge is 0.263 e. The van der Waals surface area contributed by atoms with Crippen LogP contribution in [0.5, 0.6) is 0 Å². The summed E-state index contributed by atoms with van der Waals surface area (Å²) in [5.41, 5.74) is -0.215. The molecule has 1 aromatic heterocycles. The molecule has 0 spiro atoms. The second-order valence-electron chi connectivity index (χ2n) is 6.23. The Bertz CT molecular complexity index is 606. The first-order chi connectivity index (χ1) is 11.4. The van der Waals surface area contributed by atoms with Crippen LogP contribution in [0.25, 0.3) is 0 Å². The van der Waals surface area contributed by atoms with Crippen molar-refractivity contribution in [2.24, 2.45) is 0 Å². The molecule has 1 N–H and O–H groups in total. The molecule has 1 saturated heterocycles. The van der Waals surface area contributed by atoms with Gasteiger partial charge in [0, 0.05) is 51.8 Å². The molecule has 24 heavy (non-hydrogen) atoms. The van der Waals surface area contributed by atoms with Crippen molar-refractivity contribution in [3.05, 3.63) is 34.2 Å². The number of nitrogens with zero attached hydrogens (tertiary/aromatic N) is 2. The third-order valence-electron chi connectivity index (χ3n) is 4.33. The van der Waals surface area contributed by atoms with E-state index in [0.717, 1.165) is 12.8 Å². The lowest BCUT2D eigenvalue weighted by molar-refractivity contribution is -0.0554. The van der Waals surface area contributed by atoms with Crippen LogP contribution in [0.1, 0.15) is 43.0 Å². The largest absolute Gasteiger partial charge is 0.352 e. The molecule has 2 heterocycles. The molecule has 0 aromatic carbocycles. The molecule has 0 saturated carbocycles. The summed E-state index contributed by atoms with van der Waals surface area (Å²) in [6.07, 6.45) is 3.19. The highest BCUT2D eigenvalue weighted by Crippen LogP contribution is 2.27. The average Bonchev–Trinajstić information content (AvgIpc) is 2.55. The molecule has 0 bridgehead atoms. The maximum atomic E-state index is 13.1. The molecule has 1 aliphatic heterocycles. The molecule has 1 fully saturated rings. The van der Waals surface area contributed by atoms with Crippen LogP contribution in [-0.2, 0) is 6.54 Å². The molecule has 1 aliphatic rings. The highest BCUT2D eigenvalue weighted by atomic mass is 19.3. The zero-order valence-corrected chi connectivity index (χ0v) is 14.1. The van der Waals surface area contributed by atoms with Crippen molar-refractivity contribution in [1.29, 1.82) is 0 Å². The van der Waals surface area contributed by atoms with Crippen LogP contribution in [-0.4, -0.2) is 47.5 Å². The van der Waals surface area contributed by atoms with Crippen LogP contribution < -0.4 is 10.9 Å². The quantitative estimate of drug-likeness (QED) is 0.773. The summed E-state index contributed by atoms with van der Waals surface area (Å²) in [6, 6.07) is 3.18. The Kier molecular flexibility index (Phi) is 6.48. The van der Waals surface area contributed by atoms with Gasteiger partial charge in [-0.15, -0.1) is 0 Å². The fourth-order valence-electron chi connectivity index (χ4n) is 2.71. The third kappa shape index (κ3) is 5.12.